The minimum Gasteiger partial charge on any atom is -0.497 e. The Bertz CT molecular complexity index is 1490. The molecule has 3 aromatic rings. The first-order chi connectivity index (χ1) is 18.4. The van der Waals surface area contributed by atoms with Gasteiger partial charge < -0.3 is 19.7 Å². The largest absolute Gasteiger partial charge is 0.497 e. The van der Waals surface area contributed by atoms with Gasteiger partial charge in [0.1, 0.15) is 17.5 Å². The number of hydrogen-bond acceptors (Lipinski definition) is 6. The Hall–Kier alpha value is -4.30. The third-order valence-corrected chi connectivity index (χ3v) is 7.72. The number of carbonyl (C=O) groups is 3. The minimum atomic E-state index is -0.932. The number of ether oxygens (including phenoxy) is 2. The molecule has 38 heavy (non-hydrogen) atoms. The second-order valence-corrected chi connectivity index (χ2v) is 9.81. The normalized spacial score (nSPS) is 23.1. The molecule has 0 aromatic heterocycles. The number of benzene rings is 3. The highest BCUT2D eigenvalue weighted by Gasteiger charge is 2.64. The van der Waals surface area contributed by atoms with Crippen LogP contribution in [-0.4, -0.2) is 42.9 Å². The molecule has 3 aliphatic rings. The summed E-state index contributed by atoms with van der Waals surface area (Å²) < 4.78 is 10.6. The zero-order valence-electron chi connectivity index (χ0n) is 20.6. The summed E-state index contributed by atoms with van der Waals surface area (Å²) in [5.74, 6) is -1.77. The van der Waals surface area contributed by atoms with Gasteiger partial charge >= 0.3 is 0 Å². The van der Waals surface area contributed by atoms with Crippen LogP contribution < -0.4 is 19.7 Å². The Morgan fingerprint density at radius 1 is 0.921 bits per heavy atom. The molecule has 1 N–H and O–H groups in total. The highest BCUT2D eigenvalue weighted by Crippen LogP contribution is 2.53. The number of anilines is 2. The Kier molecular flexibility index (Phi) is 5.84. The zero-order chi connectivity index (χ0) is 26.6. The number of methoxy groups -OCH3 is 2. The summed E-state index contributed by atoms with van der Waals surface area (Å²) in [4.78, 5) is 44.8. The lowest BCUT2D eigenvalue weighted by Crippen LogP contribution is -2.46. The van der Waals surface area contributed by atoms with Gasteiger partial charge in [-0.3, -0.25) is 14.4 Å². The van der Waals surface area contributed by atoms with E-state index in [2.05, 4.69) is 5.32 Å². The number of rotatable bonds is 5. The van der Waals surface area contributed by atoms with E-state index in [1.54, 1.807) is 49.6 Å². The van der Waals surface area contributed by atoms with Crippen LogP contribution in [0.15, 0.2) is 72.9 Å². The number of imide groups is 1. The van der Waals surface area contributed by atoms with Gasteiger partial charge in [0.15, 0.2) is 0 Å². The summed E-state index contributed by atoms with van der Waals surface area (Å²) in [6.45, 7) is 0. The number of nitrogens with zero attached hydrogens (tertiary/aromatic N) is 2. The lowest BCUT2D eigenvalue weighted by molar-refractivity contribution is -0.128. The third kappa shape index (κ3) is 3.63. The summed E-state index contributed by atoms with van der Waals surface area (Å²) >= 11 is 6.18. The Balaban J connectivity index is 1.43. The summed E-state index contributed by atoms with van der Waals surface area (Å²) in [6.07, 6.45) is 3.71. The smallest absolute Gasteiger partial charge is 0.248 e. The molecule has 0 bridgehead atoms. The maximum absolute atomic E-state index is 13.9. The molecule has 4 atom stereocenters. The van der Waals surface area contributed by atoms with Crippen molar-refractivity contribution in [2.75, 3.05) is 24.4 Å². The average Bonchev–Trinajstić information content (AvgIpc) is 3.41. The van der Waals surface area contributed by atoms with Crippen LogP contribution in [-0.2, 0) is 14.4 Å². The average molecular weight is 530 g/mol. The van der Waals surface area contributed by atoms with Gasteiger partial charge in [0.05, 0.1) is 43.5 Å². The van der Waals surface area contributed by atoms with Crippen molar-refractivity contribution in [2.45, 2.75) is 12.1 Å². The second kappa shape index (κ2) is 9.22. The maximum Gasteiger partial charge on any atom is 0.248 e. The molecule has 9 heteroatoms. The fourth-order valence-corrected chi connectivity index (χ4v) is 6.00. The van der Waals surface area contributed by atoms with Gasteiger partial charge in [-0.25, -0.2) is 4.90 Å². The van der Waals surface area contributed by atoms with Gasteiger partial charge in [0, 0.05) is 11.2 Å². The molecule has 2 saturated heterocycles. The molecule has 6 rings (SSSR count). The van der Waals surface area contributed by atoms with Crippen LogP contribution in [0.25, 0.3) is 6.08 Å². The highest BCUT2D eigenvalue weighted by molar-refractivity contribution is 6.31. The molecule has 8 nitrogen and oxygen atoms in total. The van der Waals surface area contributed by atoms with Crippen LogP contribution in [0.5, 0.6) is 11.5 Å². The lowest BCUT2D eigenvalue weighted by Gasteiger charge is -2.35. The van der Waals surface area contributed by atoms with Gasteiger partial charge in [0.25, 0.3) is 0 Å². The summed E-state index contributed by atoms with van der Waals surface area (Å²) in [7, 11) is 3.04. The molecular weight excluding hydrogens is 506 g/mol. The Morgan fingerprint density at radius 2 is 1.66 bits per heavy atom. The van der Waals surface area contributed by atoms with Crippen molar-refractivity contribution in [3.63, 3.8) is 0 Å². The molecule has 2 fully saturated rings. The first kappa shape index (κ1) is 24.1. The number of halogens is 1. The zero-order valence-corrected chi connectivity index (χ0v) is 21.4. The maximum atomic E-state index is 13.9. The highest BCUT2D eigenvalue weighted by atomic mass is 35.5. The molecule has 0 unspecified atom stereocenters. The van der Waals surface area contributed by atoms with Crippen molar-refractivity contribution in [3.8, 4) is 11.5 Å². The number of amides is 3. The van der Waals surface area contributed by atoms with Gasteiger partial charge in [0.2, 0.25) is 17.7 Å². The van der Waals surface area contributed by atoms with E-state index in [9.17, 15) is 14.4 Å². The van der Waals surface area contributed by atoms with Crippen LogP contribution in [0, 0.1) is 11.8 Å². The van der Waals surface area contributed by atoms with Crippen molar-refractivity contribution in [3.05, 3.63) is 89.1 Å². The van der Waals surface area contributed by atoms with E-state index in [1.165, 1.54) is 12.0 Å². The standard InChI is InChI=1S/C29H24ClN3O5/c1-37-19-10-8-18(9-11-19)33-28(35)23-24(29(33)36)26(27(34)31-21-15-17(30)7-12-22(21)38-2)32-14-13-16-5-3-4-6-20(16)25(23)32/h3-15,23-26H,1-2H3,(H,31,34)/t23-,24+,25-,26+/m0/s1. The van der Waals surface area contributed by atoms with E-state index in [4.69, 9.17) is 21.1 Å². The number of hydrogen-bond donors (Lipinski definition) is 1. The fourth-order valence-electron chi connectivity index (χ4n) is 5.83. The Labute approximate surface area is 224 Å². The molecule has 3 aliphatic heterocycles. The molecule has 192 valence electrons. The van der Waals surface area contributed by atoms with Crippen molar-refractivity contribution in [1.29, 1.82) is 0 Å². The van der Waals surface area contributed by atoms with Crippen LogP contribution in [0.2, 0.25) is 5.02 Å². The number of nitrogens with one attached hydrogen (secondary N) is 1. The molecule has 3 heterocycles. The van der Waals surface area contributed by atoms with Crippen LogP contribution in [0.4, 0.5) is 11.4 Å². The quantitative estimate of drug-likeness (QED) is 0.489. The Morgan fingerprint density at radius 3 is 2.39 bits per heavy atom. The second-order valence-electron chi connectivity index (χ2n) is 9.38. The molecule has 0 saturated carbocycles. The summed E-state index contributed by atoms with van der Waals surface area (Å²) in [6, 6.07) is 18.0. The van der Waals surface area contributed by atoms with Crippen molar-refractivity contribution in [1.82, 2.24) is 4.90 Å². The lowest BCUT2D eigenvalue weighted by atomic mass is 9.84. The van der Waals surface area contributed by atoms with E-state index in [-0.39, 0.29) is 5.91 Å². The van der Waals surface area contributed by atoms with E-state index in [0.29, 0.717) is 27.9 Å². The first-order valence-electron chi connectivity index (χ1n) is 12.1. The fraction of sp³-hybridized carbons (Fsp3) is 0.207. The van der Waals surface area contributed by atoms with Gasteiger partial charge in [-0.1, -0.05) is 35.9 Å². The van der Waals surface area contributed by atoms with E-state index >= 15 is 0 Å². The van der Waals surface area contributed by atoms with Gasteiger partial charge in [-0.15, -0.1) is 0 Å². The monoisotopic (exact) mass is 529 g/mol. The molecular formula is C29H24ClN3O5. The molecule has 3 amide bonds. The third-order valence-electron chi connectivity index (χ3n) is 7.48. The minimum absolute atomic E-state index is 0.332. The van der Waals surface area contributed by atoms with E-state index < -0.39 is 35.7 Å². The molecule has 0 radical (unpaired) electrons. The molecule has 0 spiro atoms. The van der Waals surface area contributed by atoms with Gasteiger partial charge in [-0.05, 0) is 59.7 Å². The first-order valence-corrected chi connectivity index (χ1v) is 12.5. The van der Waals surface area contributed by atoms with Crippen LogP contribution in [0.3, 0.4) is 0 Å². The van der Waals surface area contributed by atoms with Crippen LogP contribution >= 0.6 is 11.6 Å². The van der Waals surface area contributed by atoms with E-state index in [0.717, 1.165) is 11.1 Å². The number of fused-ring (bicyclic) bond motifs is 5. The number of carbonyl (C=O) groups excluding carboxylic acids is 3. The van der Waals surface area contributed by atoms with Crippen molar-refractivity contribution in [2.24, 2.45) is 11.8 Å². The van der Waals surface area contributed by atoms with Crippen molar-refractivity contribution < 1.29 is 23.9 Å². The predicted octanol–water partition coefficient (Wildman–Crippen LogP) is 4.51. The summed E-state index contributed by atoms with van der Waals surface area (Å²) in [5, 5.41) is 3.32. The topological polar surface area (TPSA) is 88.2 Å². The SMILES string of the molecule is COc1ccc(N2C(=O)[C@@H]3[C@H](C2=O)[C@@H]2c4ccccc4C=CN2[C@H]3C(=O)Nc2cc(Cl)ccc2OC)cc1. The predicted molar refractivity (Wildman–Crippen MR) is 143 cm³/mol. The van der Waals surface area contributed by atoms with Gasteiger partial charge in [-0.2, -0.15) is 0 Å². The van der Waals surface area contributed by atoms with Crippen LogP contribution in [0.1, 0.15) is 17.2 Å². The molecule has 3 aromatic carbocycles. The van der Waals surface area contributed by atoms with E-state index in [1.807, 2.05) is 41.4 Å². The molecule has 0 aliphatic carbocycles. The summed E-state index contributed by atoms with van der Waals surface area (Å²) in [5.41, 5.74) is 2.68. The van der Waals surface area contributed by atoms with Crippen molar-refractivity contribution >= 4 is 46.8 Å².